The maximum atomic E-state index is 6.06. The lowest BCUT2D eigenvalue weighted by molar-refractivity contribution is -0.291. The van der Waals surface area contributed by atoms with E-state index in [-0.39, 0.29) is 11.1 Å². The van der Waals surface area contributed by atoms with Gasteiger partial charge in [-0.25, -0.2) is 0 Å². The maximum absolute atomic E-state index is 6.06. The first-order chi connectivity index (χ1) is 7.15. The molecule has 0 aliphatic carbocycles. The van der Waals surface area contributed by atoms with Crippen molar-refractivity contribution in [2.45, 2.75) is 72.4 Å². The van der Waals surface area contributed by atoms with Gasteiger partial charge in [-0.05, 0) is 52.4 Å². The summed E-state index contributed by atoms with van der Waals surface area (Å²) in [5.74, 6) is 1.37. The van der Waals surface area contributed by atoms with E-state index < -0.39 is 0 Å². The summed E-state index contributed by atoms with van der Waals surface area (Å²) >= 11 is 0. The van der Waals surface area contributed by atoms with Crippen LogP contribution in [0.2, 0.25) is 0 Å². The molecule has 0 aromatic heterocycles. The first kappa shape index (κ1) is 14.0. The van der Waals surface area contributed by atoms with E-state index in [9.17, 15) is 0 Å². The van der Waals surface area contributed by atoms with Crippen LogP contribution in [0.3, 0.4) is 0 Å². The molecule has 2 heteroatoms. The van der Waals surface area contributed by atoms with Gasteiger partial charge in [0.1, 0.15) is 0 Å². The van der Waals surface area contributed by atoms with Crippen molar-refractivity contribution in [2.24, 2.45) is 11.8 Å². The molecule has 0 atom stereocenters. The Morgan fingerprint density at radius 3 is 1.94 bits per heavy atom. The zero-order valence-electron chi connectivity index (χ0n) is 12.1. The van der Waals surface area contributed by atoms with Crippen LogP contribution in [-0.2, 0) is 4.84 Å². The molecule has 0 bridgehead atoms. The summed E-state index contributed by atoms with van der Waals surface area (Å²) in [6.07, 6.45) is 2.43. The molecule has 1 aliphatic heterocycles. The quantitative estimate of drug-likeness (QED) is 0.726. The summed E-state index contributed by atoms with van der Waals surface area (Å²) in [6.45, 7) is 16.8. The van der Waals surface area contributed by atoms with Crippen LogP contribution in [0.15, 0.2) is 0 Å². The number of hydroxylamine groups is 2. The standard InChI is InChI=1S/C14H29NO/c1-11(2)10-16-15-13(4,5)8-12(3)9-14(15,6)7/h11-12H,8-10H2,1-7H3. The Bertz CT molecular complexity index is 215. The van der Waals surface area contributed by atoms with Gasteiger partial charge in [0.2, 0.25) is 0 Å². The van der Waals surface area contributed by atoms with Crippen molar-refractivity contribution in [3.8, 4) is 0 Å². The third kappa shape index (κ3) is 3.21. The molecule has 1 aliphatic rings. The van der Waals surface area contributed by atoms with Gasteiger partial charge in [0.25, 0.3) is 0 Å². The monoisotopic (exact) mass is 227 g/mol. The number of hydrogen-bond acceptors (Lipinski definition) is 2. The second-order valence-corrected chi connectivity index (χ2v) is 7.12. The molecular formula is C14H29NO. The molecule has 1 heterocycles. The van der Waals surface area contributed by atoms with Gasteiger partial charge in [0.15, 0.2) is 0 Å². The van der Waals surface area contributed by atoms with Crippen molar-refractivity contribution in [1.82, 2.24) is 5.06 Å². The molecule has 0 aromatic carbocycles. The van der Waals surface area contributed by atoms with Crippen molar-refractivity contribution < 1.29 is 4.84 Å². The smallest absolute Gasteiger partial charge is 0.0708 e. The van der Waals surface area contributed by atoms with Crippen LogP contribution in [-0.4, -0.2) is 22.7 Å². The highest BCUT2D eigenvalue weighted by molar-refractivity contribution is 4.95. The number of nitrogens with zero attached hydrogens (tertiary/aromatic N) is 1. The molecule has 0 saturated carbocycles. The average molecular weight is 227 g/mol. The highest BCUT2D eigenvalue weighted by Crippen LogP contribution is 2.41. The zero-order valence-corrected chi connectivity index (χ0v) is 12.1. The lowest BCUT2D eigenvalue weighted by Gasteiger charge is -2.53. The molecule has 2 nitrogen and oxygen atoms in total. The third-order valence-corrected chi connectivity index (χ3v) is 3.33. The van der Waals surface area contributed by atoms with Gasteiger partial charge in [0, 0.05) is 11.1 Å². The average Bonchev–Trinajstić information content (AvgIpc) is 1.96. The summed E-state index contributed by atoms with van der Waals surface area (Å²) in [5.41, 5.74) is 0.298. The van der Waals surface area contributed by atoms with E-state index in [4.69, 9.17) is 4.84 Å². The van der Waals surface area contributed by atoms with Crippen LogP contribution in [0.1, 0.15) is 61.3 Å². The lowest BCUT2D eigenvalue weighted by atomic mass is 9.76. The SMILES string of the molecule is CC(C)CON1C(C)(C)CC(C)CC1(C)C. The van der Waals surface area contributed by atoms with Gasteiger partial charge < -0.3 is 0 Å². The third-order valence-electron chi connectivity index (χ3n) is 3.33. The van der Waals surface area contributed by atoms with Crippen LogP contribution in [0.25, 0.3) is 0 Å². The minimum atomic E-state index is 0.149. The van der Waals surface area contributed by atoms with Crippen molar-refractivity contribution in [1.29, 1.82) is 0 Å². The predicted octanol–water partition coefficient (Wildman–Crippen LogP) is 3.86. The van der Waals surface area contributed by atoms with Gasteiger partial charge in [-0.15, -0.1) is 0 Å². The molecule has 1 fully saturated rings. The Balaban J connectivity index is 2.76. The molecule has 1 saturated heterocycles. The second-order valence-electron chi connectivity index (χ2n) is 7.12. The zero-order chi connectivity index (χ0) is 12.6. The largest absolute Gasteiger partial charge is 0.298 e. The van der Waals surface area contributed by atoms with Crippen molar-refractivity contribution >= 4 is 0 Å². The van der Waals surface area contributed by atoms with E-state index in [2.05, 4.69) is 53.5 Å². The van der Waals surface area contributed by atoms with E-state index in [0.29, 0.717) is 5.92 Å². The minimum Gasteiger partial charge on any atom is -0.298 e. The second kappa shape index (κ2) is 4.66. The van der Waals surface area contributed by atoms with Crippen molar-refractivity contribution in [3.63, 3.8) is 0 Å². The fourth-order valence-electron chi connectivity index (χ4n) is 3.34. The van der Waals surface area contributed by atoms with Gasteiger partial charge in [-0.2, -0.15) is 5.06 Å². The Kier molecular flexibility index (Phi) is 4.07. The highest BCUT2D eigenvalue weighted by Gasteiger charge is 2.45. The molecule has 0 unspecified atom stereocenters. The van der Waals surface area contributed by atoms with E-state index in [1.807, 2.05) is 0 Å². The Hall–Kier alpha value is -0.0800. The summed E-state index contributed by atoms with van der Waals surface area (Å²) in [7, 11) is 0. The van der Waals surface area contributed by atoms with Gasteiger partial charge >= 0.3 is 0 Å². The molecule has 16 heavy (non-hydrogen) atoms. The predicted molar refractivity (Wildman–Crippen MR) is 69.2 cm³/mol. The van der Waals surface area contributed by atoms with E-state index >= 15 is 0 Å². The maximum Gasteiger partial charge on any atom is 0.0708 e. The molecule has 0 spiro atoms. The minimum absolute atomic E-state index is 0.149. The molecular weight excluding hydrogens is 198 g/mol. The Morgan fingerprint density at radius 1 is 1.12 bits per heavy atom. The molecule has 0 amide bonds. The van der Waals surface area contributed by atoms with Crippen molar-refractivity contribution in [3.05, 3.63) is 0 Å². The van der Waals surface area contributed by atoms with Gasteiger partial charge in [-0.1, -0.05) is 20.8 Å². The van der Waals surface area contributed by atoms with Crippen molar-refractivity contribution in [2.75, 3.05) is 6.61 Å². The highest BCUT2D eigenvalue weighted by atomic mass is 16.7. The van der Waals surface area contributed by atoms with E-state index in [0.717, 1.165) is 12.5 Å². The summed E-state index contributed by atoms with van der Waals surface area (Å²) < 4.78 is 0. The normalized spacial score (nSPS) is 26.2. The molecule has 0 radical (unpaired) electrons. The van der Waals surface area contributed by atoms with Crippen LogP contribution in [0.5, 0.6) is 0 Å². The van der Waals surface area contributed by atoms with Crippen LogP contribution in [0.4, 0.5) is 0 Å². The van der Waals surface area contributed by atoms with E-state index in [1.54, 1.807) is 0 Å². The number of hydrogen-bond donors (Lipinski definition) is 0. The van der Waals surface area contributed by atoms with Crippen LogP contribution < -0.4 is 0 Å². The Labute approximate surface area is 101 Å². The molecule has 0 N–H and O–H groups in total. The number of piperidine rings is 1. The van der Waals surface area contributed by atoms with Crippen LogP contribution >= 0.6 is 0 Å². The topological polar surface area (TPSA) is 12.5 Å². The Morgan fingerprint density at radius 2 is 1.56 bits per heavy atom. The van der Waals surface area contributed by atoms with Gasteiger partial charge in [-0.3, -0.25) is 4.84 Å². The fourth-order valence-corrected chi connectivity index (χ4v) is 3.34. The first-order valence-electron chi connectivity index (χ1n) is 6.58. The molecule has 0 aromatic rings. The lowest BCUT2D eigenvalue weighted by Crippen LogP contribution is -2.60. The van der Waals surface area contributed by atoms with E-state index in [1.165, 1.54) is 12.8 Å². The number of rotatable bonds is 3. The summed E-state index contributed by atoms with van der Waals surface area (Å²) in [6, 6.07) is 0. The molecule has 96 valence electrons. The van der Waals surface area contributed by atoms with Gasteiger partial charge in [0.05, 0.1) is 6.61 Å². The molecule has 1 rings (SSSR count). The fraction of sp³-hybridized carbons (Fsp3) is 1.00. The first-order valence-corrected chi connectivity index (χ1v) is 6.58. The summed E-state index contributed by atoms with van der Waals surface area (Å²) in [5, 5.41) is 2.25. The van der Waals surface area contributed by atoms with Crippen LogP contribution in [0, 0.1) is 11.8 Å². The summed E-state index contributed by atoms with van der Waals surface area (Å²) in [4.78, 5) is 6.06.